The molecule has 100 valence electrons. The van der Waals surface area contributed by atoms with Crippen molar-refractivity contribution >= 4 is 5.69 Å². The first-order valence-corrected chi connectivity index (χ1v) is 6.90. The Balaban J connectivity index is 2.15. The fraction of sp³-hybridized carbons (Fsp3) is 0.600. The van der Waals surface area contributed by atoms with Crippen molar-refractivity contribution in [3.8, 4) is 0 Å². The van der Waals surface area contributed by atoms with Gasteiger partial charge >= 0.3 is 0 Å². The second-order valence-electron chi connectivity index (χ2n) is 5.00. The Morgan fingerprint density at radius 3 is 3.00 bits per heavy atom. The average molecular weight is 248 g/mol. The van der Waals surface area contributed by atoms with E-state index in [0.717, 1.165) is 19.7 Å². The van der Waals surface area contributed by atoms with Gasteiger partial charge < -0.3 is 15.4 Å². The molecule has 1 aromatic rings. The standard InChI is InChI=1S/C15H24N2O/c1-3-18-14-5-4-8-17(11-14)15-7-6-12(2)9-13(15)10-16/h6-7,9,14H,3-5,8,10-11,16H2,1-2H3. The number of nitrogens with zero attached hydrogens (tertiary/aromatic N) is 1. The molecule has 3 nitrogen and oxygen atoms in total. The molecule has 1 saturated heterocycles. The number of piperidine rings is 1. The number of benzene rings is 1. The van der Waals surface area contributed by atoms with Crippen molar-refractivity contribution in [3.05, 3.63) is 29.3 Å². The summed E-state index contributed by atoms with van der Waals surface area (Å²) in [4.78, 5) is 2.42. The maximum absolute atomic E-state index is 5.86. The molecular weight excluding hydrogens is 224 g/mol. The molecule has 1 aliphatic rings. The van der Waals surface area contributed by atoms with E-state index in [1.165, 1.54) is 29.7 Å². The molecule has 0 saturated carbocycles. The van der Waals surface area contributed by atoms with Crippen LogP contribution >= 0.6 is 0 Å². The third-order valence-corrected chi connectivity index (χ3v) is 3.58. The van der Waals surface area contributed by atoms with E-state index >= 15 is 0 Å². The van der Waals surface area contributed by atoms with Crippen LogP contribution < -0.4 is 10.6 Å². The Kier molecular flexibility index (Phi) is 4.61. The summed E-state index contributed by atoms with van der Waals surface area (Å²) < 4.78 is 5.76. The van der Waals surface area contributed by atoms with Crippen molar-refractivity contribution in [1.29, 1.82) is 0 Å². The summed E-state index contributed by atoms with van der Waals surface area (Å²) in [5, 5.41) is 0. The summed E-state index contributed by atoms with van der Waals surface area (Å²) in [5.41, 5.74) is 9.66. The van der Waals surface area contributed by atoms with Gasteiger partial charge in [0.1, 0.15) is 0 Å². The second-order valence-corrected chi connectivity index (χ2v) is 5.00. The molecule has 1 fully saturated rings. The first-order chi connectivity index (χ1) is 8.74. The van der Waals surface area contributed by atoms with Crippen molar-refractivity contribution < 1.29 is 4.74 Å². The van der Waals surface area contributed by atoms with Gasteiger partial charge in [0.2, 0.25) is 0 Å². The predicted molar refractivity (Wildman–Crippen MR) is 75.9 cm³/mol. The molecule has 18 heavy (non-hydrogen) atoms. The third-order valence-electron chi connectivity index (χ3n) is 3.58. The Morgan fingerprint density at radius 1 is 1.44 bits per heavy atom. The lowest BCUT2D eigenvalue weighted by Gasteiger charge is -2.35. The summed E-state index contributed by atoms with van der Waals surface area (Å²) in [5.74, 6) is 0. The first kappa shape index (κ1) is 13.4. The van der Waals surface area contributed by atoms with Crippen LogP contribution in [0.15, 0.2) is 18.2 Å². The lowest BCUT2D eigenvalue weighted by atomic mass is 10.0. The number of ether oxygens (including phenoxy) is 1. The molecule has 0 radical (unpaired) electrons. The van der Waals surface area contributed by atoms with E-state index in [4.69, 9.17) is 10.5 Å². The zero-order valence-corrected chi connectivity index (χ0v) is 11.5. The summed E-state index contributed by atoms with van der Waals surface area (Å²) in [6.45, 7) is 7.69. The van der Waals surface area contributed by atoms with Crippen molar-refractivity contribution in [3.63, 3.8) is 0 Å². The van der Waals surface area contributed by atoms with E-state index in [1.807, 2.05) is 0 Å². The van der Waals surface area contributed by atoms with Gasteiger partial charge in [-0.15, -0.1) is 0 Å². The molecule has 0 aromatic heterocycles. The van der Waals surface area contributed by atoms with E-state index < -0.39 is 0 Å². The van der Waals surface area contributed by atoms with Crippen LogP contribution in [0.25, 0.3) is 0 Å². The highest BCUT2D eigenvalue weighted by Crippen LogP contribution is 2.25. The van der Waals surface area contributed by atoms with E-state index in [0.29, 0.717) is 12.6 Å². The minimum atomic E-state index is 0.371. The Labute approximate surface area is 110 Å². The summed E-state index contributed by atoms with van der Waals surface area (Å²) in [6.07, 6.45) is 2.74. The number of rotatable bonds is 4. The number of hydrogen-bond donors (Lipinski definition) is 1. The molecule has 1 aliphatic heterocycles. The molecule has 0 spiro atoms. The van der Waals surface area contributed by atoms with Crippen LogP contribution in [0.4, 0.5) is 5.69 Å². The number of aryl methyl sites for hydroxylation is 1. The smallest absolute Gasteiger partial charge is 0.0750 e. The third kappa shape index (κ3) is 3.03. The van der Waals surface area contributed by atoms with Gasteiger partial charge in [0.05, 0.1) is 6.10 Å². The molecule has 0 bridgehead atoms. The van der Waals surface area contributed by atoms with Crippen LogP contribution in [0.2, 0.25) is 0 Å². The predicted octanol–water partition coefficient (Wildman–Crippen LogP) is 2.46. The van der Waals surface area contributed by atoms with E-state index in [1.54, 1.807) is 0 Å². The molecular formula is C15H24N2O. The van der Waals surface area contributed by atoms with Crippen molar-refractivity contribution in [1.82, 2.24) is 0 Å². The highest BCUT2D eigenvalue weighted by molar-refractivity contribution is 5.55. The summed E-state index contributed by atoms with van der Waals surface area (Å²) in [7, 11) is 0. The molecule has 3 heteroatoms. The largest absolute Gasteiger partial charge is 0.377 e. The molecule has 1 aromatic carbocycles. The van der Waals surface area contributed by atoms with E-state index in [9.17, 15) is 0 Å². The van der Waals surface area contributed by atoms with E-state index in [-0.39, 0.29) is 0 Å². The number of hydrogen-bond acceptors (Lipinski definition) is 3. The average Bonchev–Trinajstić information content (AvgIpc) is 2.39. The SMILES string of the molecule is CCOC1CCCN(c2ccc(C)cc2CN)C1. The summed E-state index contributed by atoms with van der Waals surface area (Å²) in [6, 6.07) is 6.56. The minimum absolute atomic E-state index is 0.371. The lowest BCUT2D eigenvalue weighted by molar-refractivity contribution is 0.0526. The molecule has 1 heterocycles. The van der Waals surface area contributed by atoms with Gasteiger partial charge in [-0.1, -0.05) is 17.7 Å². The quantitative estimate of drug-likeness (QED) is 0.889. The Bertz CT molecular complexity index is 390. The van der Waals surface area contributed by atoms with Crippen molar-refractivity contribution in [2.75, 3.05) is 24.6 Å². The molecule has 1 atom stereocenters. The van der Waals surface area contributed by atoms with Crippen LogP contribution in [0.5, 0.6) is 0 Å². The molecule has 1 unspecified atom stereocenters. The van der Waals surface area contributed by atoms with Gasteiger partial charge in [-0.3, -0.25) is 0 Å². The van der Waals surface area contributed by atoms with Crippen LogP contribution in [0, 0.1) is 6.92 Å². The molecule has 0 aliphatic carbocycles. The normalized spacial score (nSPS) is 20.2. The minimum Gasteiger partial charge on any atom is -0.377 e. The van der Waals surface area contributed by atoms with Gasteiger partial charge in [-0.05, 0) is 38.3 Å². The molecule has 2 N–H and O–H groups in total. The monoisotopic (exact) mass is 248 g/mol. The Morgan fingerprint density at radius 2 is 2.28 bits per heavy atom. The number of anilines is 1. The first-order valence-electron chi connectivity index (χ1n) is 6.90. The molecule has 0 amide bonds. The van der Waals surface area contributed by atoms with Gasteiger partial charge in [0, 0.05) is 31.9 Å². The fourth-order valence-electron chi connectivity index (χ4n) is 2.72. The van der Waals surface area contributed by atoms with Gasteiger partial charge in [-0.2, -0.15) is 0 Å². The van der Waals surface area contributed by atoms with Gasteiger partial charge in [0.25, 0.3) is 0 Å². The topological polar surface area (TPSA) is 38.5 Å². The highest BCUT2D eigenvalue weighted by Gasteiger charge is 2.21. The zero-order valence-electron chi connectivity index (χ0n) is 11.5. The fourth-order valence-corrected chi connectivity index (χ4v) is 2.72. The number of nitrogens with two attached hydrogens (primary N) is 1. The van der Waals surface area contributed by atoms with Gasteiger partial charge in [-0.25, -0.2) is 0 Å². The maximum atomic E-state index is 5.86. The van der Waals surface area contributed by atoms with Crippen molar-refractivity contribution in [2.45, 2.75) is 39.3 Å². The highest BCUT2D eigenvalue weighted by atomic mass is 16.5. The van der Waals surface area contributed by atoms with Crippen LogP contribution in [-0.2, 0) is 11.3 Å². The van der Waals surface area contributed by atoms with Crippen molar-refractivity contribution in [2.24, 2.45) is 5.73 Å². The molecule has 2 rings (SSSR count). The van der Waals surface area contributed by atoms with Crippen LogP contribution in [0.3, 0.4) is 0 Å². The zero-order chi connectivity index (χ0) is 13.0. The second kappa shape index (κ2) is 6.21. The maximum Gasteiger partial charge on any atom is 0.0750 e. The van der Waals surface area contributed by atoms with E-state index in [2.05, 4.69) is 36.9 Å². The van der Waals surface area contributed by atoms with Crippen LogP contribution in [-0.4, -0.2) is 25.8 Å². The van der Waals surface area contributed by atoms with Gasteiger partial charge in [0.15, 0.2) is 0 Å². The van der Waals surface area contributed by atoms with Crippen LogP contribution in [0.1, 0.15) is 30.9 Å². The Hall–Kier alpha value is -1.06. The summed E-state index contributed by atoms with van der Waals surface area (Å²) >= 11 is 0. The lowest BCUT2D eigenvalue weighted by Crippen LogP contribution is -2.40.